The van der Waals surface area contributed by atoms with E-state index in [-0.39, 0.29) is 18.2 Å². The van der Waals surface area contributed by atoms with Crippen molar-refractivity contribution in [3.8, 4) is 0 Å². The monoisotopic (exact) mass is 299 g/mol. The van der Waals surface area contributed by atoms with Crippen LogP contribution in [0.3, 0.4) is 0 Å². The van der Waals surface area contributed by atoms with Gasteiger partial charge in [-0.2, -0.15) is 10.1 Å². The SMILES string of the molecule is Cc1ccc(NC(=O)[C@@H]2CC(=O)Nc3nc(C)nn32)c(C)c1. The fourth-order valence-corrected chi connectivity index (χ4v) is 2.54. The zero-order valence-corrected chi connectivity index (χ0v) is 12.7. The minimum atomic E-state index is -0.689. The second-order valence-corrected chi connectivity index (χ2v) is 5.50. The Bertz CT molecular complexity index is 765. The first-order valence-corrected chi connectivity index (χ1v) is 7.05. The highest BCUT2D eigenvalue weighted by Gasteiger charge is 2.32. The van der Waals surface area contributed by atoms with Gasteiger partial charge in [-0.3, -0.25) is 14.9 Å². The van der Waals surface area contributed by atoms with Crippen LogP contribution in [0.15, 0.2) is 18.2 Å². The van der Waals surface area contributed by atoms with Gasteiger partial charge in [0.05, 0.1) is 6.42 Å². The van der Waals surface area contributed by atoms with Crippen LogP contribution in [0, 0.1) is 20.8 Å². The van der Waals surface area contributed by atoms with Crippen molar-refractivity contribution in [3.05, 3.63) is 35.2 Å². The minimum absolute atomic E-state index is 0.0482. The van der Waals surface area contributed by atoms with E-state index < -0.39 is 6.04 Å². The average molecular weight is 299 g/mol. The van der Waals surface area contributed by atoms with Crippen LogP contribution in [0.2, 0.25) is 0 Å². The second kappa shape index (κ2) is 5.25. The quantitative estimate of drug-likeness (QED) is 0.883. The molecule has 0 saturated heterocycles. The number of nitrogens with zero attached hydrogens (tertiary/aromatic N) is 3. The van der Waals surface area contributed by atoms with Crippen LogP contribution in [0.4, 0.5) is 11.6 Å². The normalized spacial score (nSPS) is 16.9. The molecule has 0 saturated carbocycles. The van der Waals surface area contributed by atoms with Gasteiger partial charge in [-0.05, 0) is 32.4 Å². The van der Waals surface area contributed by atoms with Crippen LogP contribution in [0.1, 0.15) is 29.4 Å². The number of benzene rings is 1. The summed E-state index contributed by atoms with van der Waals surface area (Å²) in [7, 11) is 0. The molecule has 2 N–H and O–H groups in total. The molecule has 0 aliphatic carbocycles. The molecule has 7 heteroatoms. The number of carbonyl (C=O) groups is 2. The number of aromatic nitrogens is 3. The van der Waals surface area contributed by atoms with Gasteiger partial charge in [-0.25, -0.2) is 4.68 Å². The summed E-state index contributed by atoms with van der Waals surface area (Å²) < 4.78 is 1.47. The van der Waals surface area contributed by atoms with Crippen LogP contribution in [0.25, 0.3) is 0 Å². The van der Waals surface area contributed by atoms with E-state index in [2.05, 4.69) is 20.7 Å². The number of hydrogen-bond donors (Lipinski definition) is 2. The molecule has 0 fully saturated rings. The first-order chi connectivity index (χ1) is 10.4. The van der Waals surface area contributed by atoms with E-state index in [0.717, 1.165) is 16.8 Å². The van der Waals surface area contributed by atoms with Crippen LogP contribution in [0.5, 0.6) is 0 Å². The van der Waals surface area contributed by atoms with E-state index in [1.54, 1.807) is 6.92 Å². The Morgan fingerprint density at radius 3 is 2.86 bits per heavy atom. The molecule has 1 aliphatic rings. The third kappa shape index (κ3) is 2.57. The maximum absolute atomic E-state index is 12.5. The molecule has 2 amide bonds. The van der Waals surface area contributed by atoms with Gasteiger partial charge in [0.2, 0.25) is 17.8 Å². The Kier molecular flexibility index (Phi) is 3.40. The van der Waals surface area contributed by atoms with Crippen LogP contribution >= 0.6 is 0 Å². The largest absolute Gasteiger partial charge is 0.324 e. The first kappa shape index (κ1) is 14.2. The number of hydrogen-bond acceptors (Lipinski definition) is 4. The lowest BCUT2D eigenvalue weighted by Crippen LogP contribution is -2.36. The highest BCUT2D eigenvalue weighted by Crippen LogP contribution is 2.25. The lowest BCUT2D eigenvalue weighted by molar-refractivity contribution is -0.125. The predicted octanol–water partition coefficient (Wildman–Crippen LogP) is 1.73. The molecule has 0 spiro atoms. The topological polar surface area (TPSA) is 88.9 Å². The summed E-state index contributed by atoms with van der Waals surface area (Å²) >= 11 is 0. The average Bonchev–Trinajstić information content (AvgIpc) is 2.80. The molecule has 2 aromatic rings. The molecule has 7 nitrogen and oxygen atoms in total. The number of fused-ring (bicyclic) bond motifs is 1. The van der Waals surface area contributed by atoms with Crippen molar-refractivity contribution >= 4 is 23.5 Å². The van der Waals surface area contributed by atoms with Gasteiger partial charge in [0, 0.05) is 5.69 Å². The third-order valence-corrected chi connectivity index (χ3v) is 3.60. The van der Waals surface area contributed by atoms with Crippen molar-refractivity contribution in [2.45, 2.75) is 33.2 Å². The summed E-state index contributed by atoms with van der Waals surface area (Å²) in [5, 5.41) is 9.69. The van der Waals surface area contributed by atoms with Crippen molar-refractivity contribution in [1.82, 2.24) is 14.8 Å². The lowest BCUT2D eigenvalue weighted by Gasteiger charge is -2.22. The number of carbonyl (C=O) groups excluding carboxylic acids is 2. The van der Waals surface area contributed by atoms with Gasteiger partial charge < -0.3 is 5.32 Å². The zero-order chi connectivity index (χ0) is 15.9. The van der Waals surface area contributed by atoms with E-state index in [9.17, 15) is 9.59 Å². The molecule has 1 aromatic carbocycles. The minimum Gasteiger partial charge on any atom is -0.324 e. The summed E-state index contributed by atoms with van der Waals surface area (Å²) in [4.78, 5) is 28.4. The molecule has 2 heterocycles. The molecule has 1 aromatic heterocycles. The number of aryl methyl sites for hydroxylation is 3. The van der Waals surface area contributed by atoms with E-state index in [1.807, 2.05) is 32.0 Å². The summed E-state index contributed by atoms with van der Waals surface area (Å²) in [5.41, 5.74) is 2.84. The van der Waals surface area contributed by atoms with Crippen LogP contribution in [-0.2, 0) is 9.59 Å². The molecule has 0 radical (unpaired) electrons. The molecular weight excluding hydrogens is 282 g/mol. The highest BCUT2D eigenvalue weighted by molar-refractivity contribution is 6.01. The Morgan fingerprint density at radius 1 is 1.36 bits per heavy atom. The Balaban J connectivity index is 1.87. The van der Waals surface area contributed by atoms with Crippen LogP contribution in [-0.4, -0.2) is 26.6 Å². The Hall–Kier alpha value is -2.70. The predicted molar refractivity (Wildman–Crippen MR) is 81.6 cm³/mol. The van der Waals surface area contributed by atoms with Crippen molar-refractivity contribution < 1.29 is 9.59 Å². The van der Waals surface area contributed by atoms with Gasteiger partial charge in [0.15, 0.2) is 0 Å². The van der Waals surface area contributed by atoms with Crippen LogP contribution < -0.4 is 10.6 Å². The summed E-state index contributed by atoms with van der Waals surface area (Å²) in [6.45, 7) is 5.65. The fraction of sp³-hybridized carbons (Fsp3) is 0.333. The molecular formula is C15H17N5O2. The van der Waals surface area contributed by atoms with Gasteiger partial charge in [-0.1, -0.05) is 17.7 Å². The number of nitrogens with one attached hydrogen (secondary N) is 2. The molecule has 1 atom stereocenters. The summed E-state index contributed by atoms with van der Waals surface area (Å²) in [6.07, 6.45) is 0.0482. The zero-order valence-electron chi connectivity index (χ0n) is 12.7. The number of amides is 2. The van der Waals surface area contributed by atoms with E-state index in [1.165, 1.54) is 4.68 Å². The summed E-state index contributed by atoms with van der Waals surface area (Å²) in [5.74, 6) is 0.324. The van der Waals surface area contributed by atoms with E-state index in [4.69, 9.17) is 0 Å². The maximum Gasteiger partial charge on any atom is 0.249 e. The molecule has 0 unspecified atom stereocenters. The number of rotatable bonds is 2. The van der Waals surface area contributed by atoms with Gasteiger partial charge in [0.25, 0.3) is 0 Å². The van der Waals surface area contributed by atoms with E-state index in [0.29, 0.717) is 11.8 Å². The molecule has 114 valence electrons. The number of anilines is 2. The lowest BCUT2D eigenvalue weighted by atomic mass is 10.1. The first-order valence-electron chi connectivity index (χ1n) is 7.05. The molecule has 3 rings (SSSR count). The smallest absolute Gasteiger partial charge is 0.249 e. The summed E-state index contributed by atoms with van der Waals surface area (Å²) in [6, 6.07) is 5.10. The standard InChI is InChI=1S/C15H17N5O2/c1-8-4-5-11(9(2)6-8)17-14(22)12-7-13(21)18-15-16-10(3)19-20(12)15/h4-6,12H,7H2,1-3H3,(H,17,22)(H,16,18,19,21)/t12-/m0/s1. The van der Waals surface area contributed by atoms with Crippen molar-refractivity contribution in [3.63, 3.8) is 0 Å². The molecule has 0 bridgehead atoms. The van der Waals surface area contributed by atoms with E-state index >= 15 is 0 Å². The molecule has 22 heavy (non-hydrogen) atoms. The van der Waals surface area contributed by atoms with Crippen molar-refractivity contribution in [2.75, 3.05) is 10.6 Å². The maximum atomic E-state index is 12.5. The van der Waals surface area contributed by atoms with Crippen molar-refractivity contribution in [2.24, 2.45) is 0 Å². The second-order valence-electron chi connectivity index (χ2n) is 5.50. The van der Waals surface area contributed by atoms with Gasteiger partial charge in [-0.15, -0.1) is 0 Å². The highest BCUT2D eigenvalue weighted by atomic mass is 16.2. The Labute approximate surface area is 127 Å². The fourth-order valence-electron chi connectivity index (χ4n) is 2.54. The van der Waals surface area contributed by atoms with Crippen molar-refractivity contribution in [1.29, 1.82) is 0 Å². The third-order valence-electron chi connectivity index (χ3n) is 3.60. The van der Waals surface area contributed by atoms with Gasteiger partial charge >= 0.3 is 0 Å². The Morgan fingerprint density at radius 2 is 2.14 bits per heavy atom. The molecule has 1 aliphatic heterocycles. The van der Waals surface area contributed by atoms with Gasteiger partial charge in [0.1, 0.15) is 11.9 Å².